The molecule has 94 valence electrons. The normalized spacial score (nSPS) is 20.7. The molecule has 2 atom stereocenters. The van der Waals surface area contributed by atoms with Gasteiger partial charge in [0.05, 0.1) is 0 Å². The standard InChI is InChI=1S/C13H26N2O/c1-3-10(2)8-13(16)15-12(9-14)11-6-4-5-7-11/h10-12H,3-9,14H2,1-2H3,(H,15,16). The highest BCUT2D eigenvalue weighted by Gasteiger charge is 2.25. The van der Waals surface area contributed by atoms with Crippen LogP contribution < -0.4 is 11.1 Å². The summed E-state index contributed by atoms with van der Waals surface area (Å²) in [4.78, 5) is 11.8. The Bertz CT molecular complexity index is 212. The lowest BCUT2D eigenvalue weighted by Crippen LogP contribution is -2.44. The molecular formula is C13H26N2O. The Balaban J connectivity index is 2.34. The van der Waals surface area contributed by atoms with Crippen molar-refractivity contribution in [1.29, 1.82) is 0 Å². The summed E-state index contributed by atoms with van der Waals surface area (Å²) in [7, 11) is 0. The lowest BCUT2D eigenvalue weighted by Gasteiger charge is -2.23. The van der Waals surface area contributed by atoms with Crippen LogP contribution in [0.1, 0.15) is 52.4 Å². The third-order valence-corrected chi connectivity index (χ3v) is 3.80. The van der Waals surface area contributed by atoms with E-state index in [0.717, 1.165) is 6.42 Å². The number of hydrogen-bond donors (Lipinski definition) is 2. The average molecular weight is 226 g/mol. The number of carbonyl (C=O) groups is 1. The fourth-order valence-electron chi connectivity index (χ4n) is 2.46. The maximum absolute atomic E-state index is 11.8. The average Bonchev–Trinajstić information content (AvgIpc) is 2.79. The predicted octanol–water partition coefficient (Wildman–Crippen LogP) is 2.06. The van der Waals surface area contributed by atoms with Crippen LogP contribution in [0.5, 0.6) is 0 Å². The van der Waals surface area contributed by atoms with E-state index in [1.54, 1.807) is 0 Å². The summed E-state index contributed by atoms with van der Waals surface area (Å²) in [6, 6.07) is 0.207. The molecule has 0 aromatic heterocycles. The zero-order chi connectivity index (χ0) is 12.0. The van der Waals surface area contributed by atoms with Crippen LogP contribution in [0.2, 0.25) is 0 Å². The van der Waals surface area contributed by atoms with Crippen LogP contribution in [0.3, 0.4) is 0 Å². The van der Waals surface area contributed by atoms with Crippen molar-refractivity contribution < 1.29 is 4.79 Å². The number of rotatable bonds is 6. The number of nitrogens with one attached hydrogen (secondary N) is 1. The van der Waals surface area contributed by atoms with E-state index in [1.165, 1.54) is 25.7 Å². The van der Waals surface area contributed by atoms with Crippen LogP contribution in [0.25, 0.3) is 0 Å². The minimum absolute atomic E-state index is 0.178. The van der Waals surface area contributed by atoms with Crippen molar-refractivity contribution >= 4 is 5.91 Å². The molecule has 1 aliphatic carbocycles. The van der Waals surface area contributed by atoms with Crippen molar-refractivity contribution in [3.63, 3.8) is 0 Å². The highest BCUT2D eigenvalue weighted by molar-refractivity contribution is 5.76. The maximum Gasteiger partial charge on any atom is 0.220 e. The van der Waals surface area contributed by atoms with Gasteiger partial charge in [-0.15, -0.1) is 0 Å². The first-order valence-corrected chi connectivity index (χ1v) is 6.66. The van der Waals surface area contributed by atoms with Gasteiger partial charge in [-0.05, 0) is 24.7 Å². The van der Waals surface area contributed by atoms with Gasteiger partial charge in [0.2, 0.25) is 5.91 Å². The van der Waals surface area contributed by atoms with E-state index in [4.69, 9.17) is 5.73 Å². The van der Waals surface area contributed by atoms with E-state index in [-0.39, 0.29) is 11.9 Å². The molecule has 3 nitrogen and oxygen atoms in total. The molecule has 0 saturated heterocycles. The Hall–Kier alpha value is -0.570. The van der Waals surface area contributed by atoms with Crippen LogP contribution in [-0.2, 0) is 4.79 Å². The fraction of sp³-hybridized carbons (Fsp3) is 0.923. The van der Waals surface area contributed by atoms with Crippen molar-refractivity contribution in [3.05, 3.63) is 0 Å². The first-order valence-electron chi connectivity index (χ1n) is 6.66. The highest BCUT2D eigenvalue weighted by Crippen LogP contribution is 2.27. The van der Waals surface area contributed by atoms with E-state index in [2.05, 4.69) is 19.2 Å². The van der Waals surface area contributed by atoms with Crippen LogP contribution in [0.15, 0.2) is 0 Å². The van der Waals surface area contributed by atoms with Gasteiger partial charge in [0.25, 0.3) is 0 Å². The van der Waals surface area contributed by atoms with Crippen LogP contribution in [0.4, 0.5) is 0 Å². The van der Waals surface area contributed by atoms with Crippen molar-refractivity contribution in [1.82, 2.24) is 5.32 Å². The molecule has 1 amide bonds. The summed E-state index contributed by atoms with van der Waals surface area (Å²) >= 11 is 0. The molecule has 0 bridgehead atoms. The molecule has 0 aliphatic heterocycles. The first-order chi connectivity index (χ1) is 7.67. The van der Waals surface area contributed by atoms with E-state index in [1.807, 2.05) is 0 Å². The molecule has 16 heavy (non-hydrogen) atoms. The minimum atomic E-state index is 0.178. The molecule has 2 unspecified atom stereocenters. The van der Waals surface area contributed by atoms with E-state index in [9.17, 15) is 4.79 Å². The lowest BCUT2D eigenvalue weighted by molar-refractivity contribution is -0.122. The smallest absolute Gasteiger partial charge is 0.220 e. The maximum atomic E-state index is 11.8. The largest absolute Gasteiger partial charge is 0.352 e. The molecule has 3 heteroatoms. The predicted molar refractivity (Wildman–Crippen MR) is 67.0 cm³/mol. The summed E-state index contributed by atoms with van der Waals surface area (Å²) in [6.07, 6.45) is 6.74. The van der Waals surface area contributed by atoms with Crippen molar-refractivity contribution in [2.24, 2.45) is 17.6 Å². The Morgan fingerprint density at radius 1 is 1.44 bits per heavy atom. The molecular weight excluding hydrogens is 200 g/mol. The summed E-state index contributed by atoms with van der Waals surface area (Å²) in [6.45, 7) is 4.82. The third kappa shape index (κ3) is 4.12. The Labute approximate surface area is 99.2 Å². The number of amides is 1. The van der Waals surface area contributed by atoms with Crippen LogP contribution in [-0.4, -0.2) is 18.5 Å². The third-order valence-electron chi connectivity index (χ3n) is 3.80. The second-order valence-corrected chi connectivity index (χ2v) is 5.17. The van der Waals surface area contributed by atoms with E-state index < -0.39 is 0 Å². The quantitative estimate of drug-likeness (QED) is 0.728. The fourth-order valence-corrected chi connectivity index (χ4v) is 2.46. The summed E-state index contributed by atoms with van der Waals surface area (Å²) in [5, 5.41) is 3.11. The van der Waals surface area contributed by atoms with Gasteiger partial charge in [0.1, 0.15) is 0 Å². The molecule has 0 spiro atoms. The number of nitrogens with two attached hydrogens (primary N) is 1. The Kier molecular flexibility index (Phi) is 5.81. The number of carbonyl (C=O) groups excluding carboxylic acids is 1. The SMILES string of the molecule is CCC(C)CC(=O)NC(CN)C1CCCC1. The molecule has 1 saturated carbocycles. The first kappa shape index (κ1) is 13.5. The van der Waals surface area contributed by atoms with Gasteiger partial charge < -0.3 is 11.1 Å². The molecule has 1 fully saturated rings. The molecule has 1 rings (SSSR count). The van der Waals surface area contributed by atoms with Crippen molar-refractivity contribution in [3.8, 4) is 0 Å². The van der Waals surface area contributed by atoms with Gasteiger partial charge in [0, 0.05) is 19.0 Å². The van der Waals surface area contributed by atoms with Gasteiger partial charge in [-0.3, -0.25) is 4.79 Å². The highest BCUT2D eigenvalue weighted by atomic mass is 16.1. The lowest BCUT2D eigenvalue weighted by atomic mass is 9.97. The molecule has 0 aromatic carbocycles. The van der Waals surface area contributed by atoms with Crippen LogP contribution >= 0.6 is 0 Å². The van der Waals surface area contributed by atoms with Gasteiger partial charge in [-0.1, -0.05) is 33.1 Å². The van der Waals surface area contributed by atoms with Gasteiger partial charge in [-0.25, -0.2) is 0 Å². The zero-order valence-corrected chi connectivity index (χ0v) is 10.7. The second kappa shape index (κ2) is 6.89. The molecule has 1 aliphatic rings. The summed E-state index contributed by atoms with van der Waals surface area (Å²) < 4.78 is 0. The molecule has 3 N–H and O–H groups in total. The topological polar surface area (TPSA) is 55.1 Å². The van der Waals surface area contributed by atoms with Crippen molar-refractivity contribution in [2.75, 3.05) is 6.54 Å². The molecule has 0 radical (unpaired) electrons. The van der Waals surface area contributed by atoms with Gasteiger partial charge >= 0.3 is 0 Å². The van der Waals surface area contributed by atoms with Gasteiger partial charge in [-0.2, -0.15) is 0 Å². The van der Waals surface area contributed by atoms with E-state index >= 15 is 0 Å². The number of hydrogen-bond acceptors (Lipinski definition) is 2. The summed E-state index contributed by atoms with van der Waals surface area (Å²) in [5.74, 6) is 1.27. The van der Waals surface area contributed by atoms with Gasteiger partial charge in [0.15, 0.2) is 0 Å². The Morgan fingerprint density at radius 2 is 2.06 bits per heavy atom. The van der Waals surface area contributed by atoms with Crippen LogP contribution in [0, 0.1) is 11.8 Å². The molecule has 0 aromatic rings. The van der Waals surface area contributed by atoms with E-state index in [0.29, 0.717) is 24.8 Å². The Morgan fingerprint density at radius 3 is 2.56 bits per heavy atom. The summed E-state index contributed by atoms with van der Waals surface area (Å²) in [5.41, 5.74) is 5.75. The minimum Gasteiger partial charge on any atom is -0.352 e. The van der Waals surface area contributed by atoms with Crippen molar-refractivity contribution in [2.45, 2.75) is 58.4 Å². The molecule has 0 heterocycles. The monoisotopic (exact) mass is 226 g/mol. The zero-order valence-electron chi connectivity index (χ0n) is 10.7. The second-order valence-electron chi connectivity index (χ2n) is 5.17.